The lowest BCUT2D eigenvalue weighted by Crippen LogP contribution is -2.43. The molecule has 3 N–H and O–H groups in total. The summed E-state index contributed by atoms with van der Waals surface area (Å²) in [5.41, 5.74) is 7.91. The van der Waals surface area contributed by atoms with E-state index in [1.54, 1.807) is 12.1 Å². The molecule has 0 aromatic heterocycles. The Kier molecular flexibility index (Phi) is 4.91. The summed E-state index contributed by atoms with van der Waals surface area (Å²) in [7, 11) is 0. The van der Waals surface area contributed by atoms with Crippen LogP contribution in [0.5, 0.6) is 5.75 Å². The van der Waals surface area contributed by atoms with Gasteiger partial charge in [-0.15, -0.1) is 12.4 Å². The van der Waals surface area contributed by atoms with Gasteiger partial charge in [0.1, 0.15) is 11.4 Å². The highest BCUT2D eigenvalue weighted by Crippen LogP contribution is 2.47. The summed E-state index contributed by atoms with van der Waals surface area (Å²) in [5.74, 6) is 0.778. The Bertz CT molecular complexity index is 772. The smallest absolute Gasteiger partial charge is 0.253 e. The van der Waals surface area contributed by atoms with Gasteiger partial charge in [-0.1, -0.05) is 30.3 Å². The fourth-order valence-corrected chi connectivity index (χ4v) is 4.01. The molecule has 1 saturated carbocycles. The number of rotatable bonds is 2. The number of hydrogen-bond acceptors (Lipinski definition) is 3. The van der Waals surface area contributed by atoms with E-state index in [-0.39, 0.29) is 30.0 Å². The summed E-state index contributed by atoms with van der Waals surface area (Å²) in [6.45, 7) is 0. The Morgan fingerprint density at radius 1 is 1.08 bits per heavy atom. The van der Waals surface area contributed by atoms with Crippen LogP contribution in [0.1, 0.15) is 54.1 Å². The molecule has 0 saturated heterocycles. The first-order valence-electron chi connectivity index (χ1n) is 8.60. The van der Waals surface area contributed by atoms with Gasteiger partial charge in [0.2, 0.25) is 0 Å². The second-order valence-electron chi connectivity index (χ2n) is 6.85. The number of amides is 1. The van der Waals surface area contributed by atoms with Crippen molar-refractivity contribution in [1.29, 1.82) is 0 Å². The predicted molar refractivity (Wildman–Crippen MR) is 101 cm³/mol. The van der Waals surface area contributed by atoms with Crippen molar-refractivity contribution in [2.45, 2.75) is 43.7 Å². The minimum absolute atomic E-state index is 0. The third-order valence-electron chi connectivity index (χ3n) is 5.22. The van der Waals surface area contributed by atoms with Crippen LogP contribution in [0.25, 0.3) is 0 Å². The quantitative estimate of drug-likeness (QED) is 0.788. The fourth-order valence-electron chi connectivity index (χ4n) is 4.01. The van der Waals surface area contributed by atoms with Crippen LogP contribution in [0.2, 0.25) is 0 Å². The maximum absolute atomic E-state index is 12.7. The van der Waals surface area contributed by atoms with Crippen molar-refractivity contribution in [3.8, 4) is 5.75 Å². The molecule has 1 spiro atoms. The average molecular weight is 359 g/mol. The number of halogens is 1. The third kappa shape index (κ3) is 3.31. The first-order chi connectivity index (χ1) is 11.7. The van der Waals surface area contributed by atoms with E-state index in [2.05, 4.69) is 5.32 Å². The Morgan fingerprint density at radius 2 is 1.76 bits per heavy atom. The van der Waals surface area contributed by atoms with Gasteiger partial charge in [-0.05, 0) is 43.9 Å². The van der Waals surface area contributed by atoms with Crippen molar-refractivity contribution in [3.05, 3.63) is 59.7 Å². The molecule has 2 aromatic carbocycles. The number of nitrogen functional groups attached to an aromatic ring is 1. The van der Waals surface area contributed by atoms with Gasteiger partial charge in [-0.2, -0.15) is 0 Å². The summed E-state index contributed by atoms with van der Waals surface area (Å²) in [6, 6.07) is 15.2. The largest absolute Gasteiger partial charge is 0.487 e. The van der Waals surface area contributed by atoms with Crippen LogP contribution in [-0.2, 0) is 0 Å². The topological polar surface area (TPSA) is 64.4 Å². The van der Waals surface area contributed by atoms with E-state index in [1.165, 1.54) is 12.8 Å². The number of anilines is 1. The highest BCUT2D eigenvalue weighted by atomic mass is 35.5. The minimum Gasteiger partial charge on any atom is -0.487 e. The predicted octanol–water partition coefficient (Wildman–Crippen LogP) is 4.26. The van der Waals surface area contributed by atoms with Crippen molar-refractivity contribution < 1.29 is 9.53 Å². The fraction of sp³-hybridized carbons (Fsp3) is 0.350. The normalized spacial score (nSPS) is 20.2. The van der Waals surface area contributed by atoms with Crippen LogP contribution in [0, 0.1) is 0 Å². The van der Waals surface area contributed by atoms with E-state index in [0.717, 1.165) is 30.6 Å². The maximum atomic E-state index is 12.7. The molecule has 1 unspecified atom stereocenters. The molecule has 1 aliphatic heterocycles. The van der Waals surface area contributed by atoms with E-state index in [9.17, 15) is 4.79 Å². The molecule has 1 atom stereocenters. The molecule has 4 nitrogen and oxygen atoms in total. The van der Waals surface area contributed by atoms with Gasteiger partial charge in [-0.25, -0.2) is 0 Å². The van der Waals surface area contributed by atoms with Gasteiger partial charge >= 0.3 is 0 Å². The van der Waals surface area contributed by atoms with E-state index in [0.29, 0.717) is 11.3 Å². The van der Waals surface area contributed by atoms with Crippen LogP contribution in [0.4, 0.5) is 5.69 Å². The number of ether oxygens (including phenoxy) is 1. The molecule has 1 aliphatic carbocycles. The number of hydrogen-bond donors (Lipinski definition) is 2. The Balaban J connectivity index is 0.00000182. The number of para-hydroxylation sites is 2. The molecule has 1 fully saturated rings. The van der Waals surface area contributed by atoms with Crippen LogP contribution in [0.15, 0.2) is 48.5 Å². The van der Waals surface area contributed by atoms with E-state index < -0.39 is 0 Å². The number of benzene rings is 2. The number of nitrogens with one attached hydrogen (secondary N) is 1. The SMILES string of the molecule is Cl.Nc1ccccc1C(=O)NC1CC2(CCCC2)Oc2ccccc21. The molecule has 2 aliphatic rings. The lowest BCUT2D eigenvalue weighted by atomic mass is 9.85. The first-order valence-corrected chi connectivity index (χ1v) is 8.60. The standard InChI is InChI=1S/C20H22N2O2.ClH/c21-16-9-3-1-7-14(16)19(23)22-17-13-20(11-5-6-12-20)24-18-10-4-2-8-15(17)18;/h1-4,7-10,17H,5-6,11-13,21H2,(H,22,23);1H. The van der Waals surface area contributed by atoms with Gasteiger partial charge in [0, 0.05) is 17.7 Å². The van der Waals surface area contributed by atoms with Crippen LogP contribution in [0.3, 0.4) is 0 Å². The van der Waals surface area contributed by atoms with Crippen molar-refractivity contribution in [2.75, 3.05) is 5.73 Å². The number of fused-ring (bicyclic) bond motifs is 1. The van der Waals surface area contributed by atoms with E-state index in [4.69, 9.17) is 10.5 Å². The van der Waals surface area contributed by atoms with Gasteiger partial charge in [0.25, 0.3) is 5.91 Å². The van der Waals surface area contributed by atoms with Gasteiger partial charge in [0.05, 0.1) is 11.6 Å². The molecule has 1 heterocycles. The zero-order valence-corrected chi connectivity index (χ0v) is 14.9. The Morgan fingerprint density at radius 3 is 2.52 bits per heavy atom. The summed E-state index contributed by atoms with van der Waals surface area (Å²) >= 11 is 0. The summed E-state index contributed by atoms with van der Waals surface area (Å²) in [5, 5.41) is 3.18. The lowest BCUT2D eigenvalue weighted by molar-refractivity contribution is 0.0360. The van der Waals surface area contributed by atoms with Crippen LogP contribution >= 0.6 is 12.4 Å². The molecule has 2 aromatic rings. The second-order valence-corrected chi connectivity index (χ2v) is 6.85. The molecule has 4 rings (SSSR count). The van der Waals surface area contributed by atoms with E-state index >= 15 is 0 Å². The number of nitrogens with two attached hydrogens (primary N) is 1. The molecule has 1 amide bonds. The minimum atomic E-state index is -0.130. The number of carbonyl (C=O) groups is 1. The lowest BCUT2D eigenvalue weighted by Gasteiger charge is -2.40. The van der Waals surface area contributed by atoms with Crippen LogP contribution < -0.4 is 15.8 Å². The van der Waals surface area contributed by atoms with E-state index in [1.807, 2.05) is 36.4 Å². The average Bonchev–Trinajstić information content (AvgIpc) is 3.02. The molecular weight excluding hydrogens is 336 g/mol. The summed E-state index contributed by atoms with van der Waals surface area (Å²) < 4.78 is 6.35. The number of carbonyl (C=O) groups excluding carboxylic acids is 1. The maximum Gasteiger partial charge on any atom is 0.253 e. The first kappa shape index (κ1) is 17.6. The van der Waals surface area contributed by atoms with Crippen molar-refractivity contribution in [3.63, 3.8) is 0 Å². The summed E-state index contributed by atoms with van der Waals surface area (Å²) in [6.07, 6.45) is 5.31. The Labute approximate surface area is 154 Å². The van der Waals surface area contributed by atoms with Crippen molar-refractivity contribution in [1.82, 2.24) is 5.32 Å². The van der Waals surface area contributed by atoms with Gasteiger partial charge in [-0.3, -0.25) is 4.79 Å². The van der Waals surface area contributed by atoms with Crippen LogP contribution in [-0.4, -0.2) is 11.5 Å². The third-order valence-corrected chi connectivity index (χ3v) is 5.22. The monoisotopic (exact) mass is 358 g/mol. The molecule has 25 heavy (non-hydrogen) atoms. The zero-order valence-electron chi connectivity index (χ0n) is 14.0. The highest BCUT2D eigenvalue weighted by Gasteiger charge is 2.43. The zero-order chi connectivity index (χ0) is 16.6. The molecular formula is C20H23ClN2O2. The molecule has 0 bridgehead atoms. The highest BCUT2D eigenvalue weighted by molar-refractivity contribution is 5.99. The van der Waals surface area contributed by atoms with Crippen molar-refractivity contribution >= 4 is 24.0 Å². The molecule has 0 radical (unpaired) electrons. The van der Waals surface area contributed by atoms with Gasteiger partial charge in [0.15, 0.2) is 0 Å². The second kappa shape index (κ2) is 6.96. The molecule has 132 valence electrons. The van der Waals surface area contributed by atoms with Gasteiger partial charge < -0.3 is 15.8 Å². The summed E-state index contributed by atoms with van der Waals surface area (Å²) in [4.78, 5) is 12.7. The van der Waals surface area contributed by atoms with Crippen molar-refractivity contribution in [2.24, 2.45) is 0 Å². The Hall–Kier alpha value is -2.20. The molecule has 5 heteroatoms.